The molecule has 0 radical (unpaired) electrons. The molecule has 2 atom stereocenters. The van der Waals surface area contributed by atoms with Gasteiger partial charge in [0.15, 0.2) is 0 Å². The van der Waals surface area contributed by atoms with Gasteiger partial charge in [-0.05, 0) is 55.2 Å². The number of hydrogen-bond donors (Lipinski definition) is 1. The number of rotatable bonds is 4. The predicted octanol–water partition coefficient (Wildman–Crippen LogP) is 3.97. The molecule has 2 aliphatic rings. The summed E-state index contributed by atoms with van der Waals surface area (Å²) >= 11 is 5.90. The van der Waals surface area contributed by atoms with E-state index in [0.717, 1.165) is 44.3 Å². The van der Waals surface area contributed by atoms with Gasteiger partial charge in [0, 0.05) is 24.5 Å². The van der Waals surface area contributed by atoms with Crippen molar-refractivity contribution in [2.75, 3.05) is 13.1 Å². The van der Waals surface area contributed by atoms with E-state index in [4.69, 9.17) is 11.6 Å². The third-order valence-corrected chi connectivity index (χ3v) is 5.35. The number of piperidine rings is 1. The van der Waals surface area contributed by atoms with Crippen molar-refractivity contribution in [3.05, 3.63) is 47.0 Å². The Labute approximate surface area is 142 Å². The monoisotopic (exact) mass is 333 g/mol. The first-order chi connectivity index (χ1) is 11.1. The highest BCUT2D eigenvalue weighted by Crippen LogP contribution is 2.32. The van der Waals surface area contributed by atoms with Gasteiger partial charge in [0.1, 0.15) is 0 Å². The fourth-order valence-electron chi connectivity index (χ4n) is 3.62. The largest absolute Gasteiger partial charge is 0.388 e. The van der Waals surface area contributed by atoms with E-state index in [1.54, 1.807) is 0 Å². The molecule has 1 N–H and O–H groups in total. The Morgan fingerprint density at radius 2 is 1.91 bits per heavy atom. The second-order valence-electron chi connectivity index (χ2n) is 6.68. The molecule has 0 bridgehead atoms. The molecule has 1 fully saturated rings. The fraction of sp³-hybridized carbons (Fsp3) is 0.526. The predicted molar refractivity (Wildman–Crippen MR) is 92.2 cm³/mol. The summed E-state index contributed by atoms with van der Waals surface area (Å²) in [7, 11) is 0. The maximum atomic E-state index is 12.4. The first kappa shape index (κ1) is 16.5. The van der Waals surface area contributed by atoms with Crippen molar-refractivity contribution in [1.82, 2.24) is 4.90 Å². The average molecular weight is 334 g/mol. The van der Waals surface area contributed by atoms with E-state index in [1.807, 2.05) is 29.2 Å². The molecule has 3 nitrogen and oxygen atoms in total. The van der Waals surface area contributed by atoms with Crippen molar-refractivity contribution >= 4 is 17.5 Å². The van der Waals surface area contributed by atoms with Crippen molar-refractivity contribution in [2.45, 2.75) is 38.2 Å². The molecule has 1 amide bonds. The second kappa shape index (κ2) is 7.50. The molecule has 0 spiro atoms. The average Bonchev–Trinajstić information content (AvgIpc) is 3.08. The highest BCUT2D eigenvalue weighted by molar-refractivity contribution is 6.30. The molecular formula is C19H24ClNO2. The lowest BCUT2D eigenvalue weighted by Crippen LogP contribution is -2.40. The van der Waals surface area contributed by atoms with E-state index in [2.05, 4.69) is 12.2 Å². The van der Waals surface area contributed by atoms with Crippen molar-refractivity contribution < 1.29 is 9.90 Å². The van der Waals surface area contributed by atoms with Crippen LogP contribution >= 0.6 is 11.6 Å². The molecule has 1 saturated heterocycles. The highest BCUT2D eigenvalue weighted by Gasteiger charge is 2.29. The number of allylic oxidation sites excluding steroid dienone is 2. The van der Waals surface area contributed by atoms with Crippen molar-refractivity contribution in [3.63, 3.8) is 0 Å². The Hall–Kier alpha value is -1.32. The number of carbonyl (C=O) groups excluding carboxylic acids is 1. The Morgan fingerprint density at radius 1 is 1.22 bits per heavy atom. The SMILES string of the molecule is O=C(CC1C=CCC1)N1CCC(C(O)c2ccc(Cl)cc2)CC1. The zero-order valence-corrected chi connectivity index (χ0v) is 14.1. The fourth-order valence-corrected chi connectivity index (χ4v) is 3.74. The van der Waals surface area contributed by atoms with Gasteiger partial charge < -0.3 is 10.0 Å². The van der Waals surface area contributed by atoms with E-state index in [9.17, 15) is 9.90 Å². The van der Waals surface area contributed by atoms with Crippen molar-refractivity contribution in [1.29, 1.82) is 0 Å². The minimum Gasteiger partial charge on any atom is -0.388 e. The Bertz CT molecular complexity index is 561. The van der Waals surface area contributed by atoms with Crippen LogP contribution in [-0.2, 0) is 4.79 Å². The van der Waals surface area contributed by atoms with Gasteiger partial charge in [-0.1, -0.05) is 35.9 Å². The maximum Gasteiger partial charge on any atom is 0.223 e. The molecule has 3 rings (SSSR count). The molecule has 2 unspecified atom stereocenters. The van der Waals surface area contributed by atoms with Crippen LogP contribution in [0.2, 0.25) is 5.02 Å². The van der Waals surface area contributed by atoms with Crippen LogP contribution in [-0.4, -0.2) is 29.0 Å². The van der Waals surface area contributed by atoms with Crippen LogP contribution in [0, 0.1) is 11.8 Å². The molecule has 1 aromatic rings. The highest BCUT2D eigenvalue weighted by atomic mass is 35.5. The summed E-state index contributed by atoms with van der Waals surface area (Å²) < 4.78 is 0. The second-order valence-corrected chi connectivity index (χ2v) is 7.12. The zero-order valence-electron chi connectivity index (χ0n) is 13.3. The Kier molecular flexibility index (Phi) is 5.39. The summed E-state index contributed by atoms with van der Waals surface area (Å²) in [5, 5.41) is 11.2. The summed E-state index contributed by atoms with van der Waals surface area (Å²) in [6.45, 7) is 1.51. The van der Waals surface area contributed by atoms with E-state index >= 15 is 0 Å². The number of benzene rings is 1. The lowest BCUT2D eigenvalue weighted by Gasteiger charge is -2.34. The number of aliphatic hydroxyl groups excluding tert-OH is 1. The molecule has 0 aromatic heterocycles. The van der Waals surface area contributed by atoms with E-state index in [1.165, 1.54) is 0 Å². The first-order valence-electron chi connectivity index (χ1n) is 8.51. The quantitative estimate of drug-likeness (QED) is 0.847. The molecule has 1 heterocycles. The zero-order chi connectivity index (χ0) is 16.2. The van der Waals surface area contributed by atoms with E-state index < -0.39 is 6.10 Å². The van der Waals surface area contributed by atoms with Crippen LogP contribution in [0.4, 0.5) is 0 Å². The van der Waals surface area contributed by atoms with Crippen LogP contribution in [0.25, 0.3) is 0 Å². The van der Waals surface area contributed by atoms with Crippen LogP contribution in [0.5, 0.6) is 0 Å². The minimum atomic E-state index is -0.470. The van der Waals surface area contributed by atoms with Gasteiger partial charge in [-0.2, -0.15) is 0 Å². The lowest BCUT2D eigenvalue weighted by molar-refractivity contribution is -0.133. The van der Waals surface area contributed by atoms with E-state index in [0.29, 0.717) is 17.4 Å². The first-order valence-corrected chi connectivity index (χ1v) is 8.89. The van der Waals surface area contributed by atoms with E-state index in [-0.39, 0.29) is 11.8 Å². The van der Waals surface area contributed by atoms with Gasteiger partial charge in [0.2, 0.25) is 5.91 Å². The third kappa shape index (κ3) is 4.15. The summed E-state index contributed by atoms with van der Waals surface area (Å²) in [6.07, 6.45) is 8.45. The van der Waals surface area contributed by atoms with Gasteiger partial charge in [-0.25, -0.2) is 0 Å². The molecule has 1 aliphatic carbocycles. The number of aliphatic hydroxyl groups is 1. The van der Waals surface area contributed by atoms with Crippen molar-refractivity contribution in [3.8, 4) is 0 Å². The smallest absolute Gasteiger partial charge is 0.223 e. The number of halogens is 1. The summed E-state index contributed by atoms with van der Waals surface area (Å²) in [6, 6.07) is 7.40. The molecule has 4 heteroatoms. The van der Waals surface area contributed by atoms with Crippen LogP contribution in [0.15, 0.2) is 36.4 Å². The normalized spacial score (nSPS) is 23.2. The molecule has 0 saturated carbocycles. The van der Waals surface area contributed by atoms with Crippen molar-refractivity contribution in [2.24, 2.45) is 11.8 Å². The molecule has 23 heavy (non-hydrogen) atoms. The molecule has 124 valence electrons. The number of amides is 1. The standard InChI is InChI=1S/C19H24ClNO2/c20-17-7-5-15(6-8-17)19(23)16-9-11-21(12-10-16)18(22)13-14-3-1-2-4-14/h1,3,5-8,14,16,19,23H,2,4,9-13H2. The number of hydrogen-bond acceptors (Lipinski definition) is 2. The van der Waals surface area contributed by atoms with Gasteiger partial charge in [0.05, 0.1) is 6.10 Å². The van der Waals surface area contributed by atoms with Gasteiger partial charge in [-0.15, -0.1) is 0 Å². The van der Waals surface area contributed by atoms with Crippen LogP contribution in [0.1, 0.15) is 43.8 Å². The summed E-state index contributed by atoms with van der Waals surface area (Å²) in [5.74, 6) is 0.910. The van der Waals surface area contributed by atoms with Crippen LogP contribution in [0.3, 0.4) is 0 Å². The van der Waals surface area contributed by atoms with Crippen LogP contribution < -0.4 is 0 Å². The maximum absolute atomic E-state index is 12.4. The summed E-state index contributed by atoms with van der Waals surface area (Å²) in [4.78, 5) is 14.3. The molecular weight excluding hydrogens is 310 g/mol. The van der Waals surface area contributed by atoms with Gasteiger partial charge >= 0.3 is 0 Å². The Balaban J connectivity index is 1.50. The molecule has 1 aliphatic heterocycles. The number of carbonyl (C=O) groups is 1. The minimum absolute atomic E-state index is 0.214. The Morgan fingerprint density at radius 3 is 2.52 bits per heavy atom. The topological polar surface area (TPSA) is 40.5 Å². The van der Waals surface area contributed by atoms with Gasteiger partial charge in [-0.3, -0.25) is 4.79 Å². The summed E-state index contributed by atoms with van der Waals surface area (Å²) in [5.41, 5.74) is 0.912. The number of nitrogens with zero attached hydrogens (tertiary/aromatic N) is 1. The third-order valence-electron chi connectivity index (χ3n) is 5.10. The van der Waals surface area contributed by atoms with Gasteiger partial charge in [0.25, 0.3) is 0 Å². The lowest BCUT2D eigenvalue weighted by atomic mass is 9.87. The number of likely N-dealkylation sites (tertiary alicyclic amines) is 1. The molecule has 1 aromatic carbocycles.